The predicted molar refractivity (Wildman–Crippen MR) is 143 cm³/mol. The Morgan fingerprint density at radius 3 is 2.27 bits per heavy atom. The van der Waals surface area contributed by atoms with Gasteiger partial charge in [0.15, 0.2) is 0 Å². The zero-order valence-electron chi connectivity index (χ0n) is 20.3. The van der Waals surface area contributed by atoms with Gasteiger partial charge in [-0.3, -0.25) is 14.9 Å². The lowest BCUT2D eigenvalue weighted by atomic mass is 9.89. The lowest BCUT2D eigenvalue weighted by Gasteiger charge is -2.46. The number of esters is 1. The molecule has 0 unspecified atom stereocenters. The molecule has 1 aliphatic rings. The van der Waals surface area contributed by atoms with Gasteiger partial charge in [0.2, 0.25) is 0 Å². The second-order valence-electron chi connectivity index (χ2n) is 9.07. The molecule has 9 heteroatoms. The van der Waals surface area contributed by atoms with Crippen LogP contribution in [0.25, 0.3) is 0 Å². The average molecular weight is 566 g/mol. The SMILES string of the molecule is CC(=O)O[C@@H]1[C@@H]([C@@H](Br)Cc2ccccc2)NC(=O)N(Cc2cccc([N+](=O)[O-])c2)[C@@H]1Cc1ccccc1. The van der Waals surface area contributed by atoms with Crippen molar-refractivity contribution >= 4 is 33.6 Å². The van der Waals surface area contributed by atoms with E-state index >= 15 is 0 Å². The molecule has 1 aliphatic heterocycles. The number of rotatable bonds is 9. The first-order valence-electron chi connectivity index (χ1n) is 12.0. The van der Waals surface area contributed by atoms with Crippen molar-refractivity contribution in [2.45, 2.75) is 49.3 Å². The Bertz CT molecular complexity index is 1240. The molecule has 3 aromatic carbocycles. The summed E-state index contributed by atoms with van der Waals surface area (Å²) in [6.45, 7) is 1.49. The molecular weight excluding hydrogens is 538 g/mol. The molecule has 2 amide bonds. The number of nitro groups is 1. The topological polar surface area (TPSA) is 102 Å². The molecule has 1 saturated heterocycles. The summed E-state index contributed by atoms with van der Waals surface area (Å²) >= 11 is 3.76. The first-order valence-corrected chi connectivity index (χ1v) is 12.9. The standard InChI is InChI=1S/C28H28BrN3O5/c1-19(33)37-27-25(17-21-11-6-3-7-12-21)31(18-22-13-8-14-23(15-22)32(35)36)28(34)30-26(27)24(29)16-20-9-4-2-5-10-20/h2-15,24-27H,16-18H2,1H3,(H,30,34)/t24-,25+,26+,27-/m0/s1. The van der Waals surface area contributed by atoms with Crippen LogP contribution in [0, 0.1) is 10.1 Å². The number of hydrogen-bond donors (Lipinski definition) is 1. The fourth-order valence-electron chi connectivity index (χ4n) is 4.72. The summed E-state index contributed by atoms with van der Waals surface area (Å²) in [5.74, 6) is -0.445. The van der Waals surface area contributed by atoms with Gasteiger partial charge in [-0.05, 0) is 29.5 Å². The van der Waals surface area contributed by atoms with E-state index in [2.05, 4.69) is 21.2 Å². The Hall–Kier alpha value is -3.72. The monoisotopic (exact) mass is 565 g/mol. The lowest BCUT2D eigenvalue weighted by Crippen LogP contribution is -2.68. The van der Waals surface area contributed by atoms with Gasteiger partial charge in [0.05, 0.1) is 17.0 Å². The van der Waals surface area contributed by atoms with Gasteiger partial charge in [0, 0.05) is 30.4 Å². The van der Waals surface area contributed by atoms with Crippen molar-refractivity contribution in [2.24, 2.45) is 0 Å². The predicted octanol–water partition coefficient (Wildman–Crippen LogP) is 5.04. The summed E-state index contributed by atoms with van der Waals surface area (Å²) in [7, 11) is 0. The Kier molecular flexibility index (Phi) is 8.55. The van der Waals surface area contributed by atoms with Gasteiger partial charge in [0.25, 0.3) is 5.69 Å². The molecule has 0 spiro atoms. The van der Waals surface area contributed by atoms with E-state index in [1.54, 1.807) is 17.0 Å². The van der Waals surface area contributed by atoms with Gasteiger partial charge < -0.3 is 15.0 Å². The van der Waals surface area contributed by atoms with E-state index in [1.807, 2.05) is 60.7 Å². The fourth-order valence-corrected chi connectivity index (χ4v) is 5.52. The quantitative estimate of drug-likeness (QED) is 0.169. The number of amides is 2. The number of nitrogens with one attached hydrogen (secondary N) is 1. The molecule has 192 valence electrons. The zero-order chi connectivity index (χ0) is 26.4. The molecule has 0 saturated carbocycles. The summed E-state index contributed by atoms with van der Waals surface area (Å²) in [4.78, 5) is 38.0. The largest absolute Gasteiger partial charge is 0.458 e. The number of benzene rings is 3. The second kappa shape index (κ2) is 12.0. The highest BCUT2D eigenvalue weighted by Gasteiger charge is 2.46. The lowest BCUT2D eigenvalue weighted by molar-refractivity contribution is -0.384. The molecule has 4 atom stereocenters. The van der Waals surface area contributed by atoms with E-state index < -0.39 is 29.1 Å². The molecule has 1 N–H and O–H groups in total. The summed E-state index contributed by atoms with van der Waals surface area (Å²) in [6.07, 6.45) is 0.400. The van der Waals surface area contributed by atoms with Crippen molar-refractivity contribution in [2.75, 3.05) is 0 Å². The van der Waals surface area contributed by atoms with Gasteiger partial charge in [0.1, 0.15) is 6.10 Å². The van der Waals surface area contributed by atoms with Crippen LogP contribution in [0.4, 0.5) is 10.5 Å². The molecule has 0 aliphatic carbocycles. The van der Waals surface area contributed by atoms with Crippen molar-refractivity contribution < 1.29 is 19.2 Å². The molecule has 1 heterocycles. The molecule has 1 fully saturated rings. The highest BCUT2D eigenvalue weighted by molar-refractivity contribution is 9.09. The maximum atomic E-state index is 13.5. The molecule has 8 nitrogen and oxygen atoms in total. The van der Waals surface area contributed by atoms with Gasteiger partial charge >= 0.3 is 12.0 Å². The third-order valence-corrected chi connectivity index (χ3v) is 7.31. The third-order valence-electron chi connectivity index (χ3n) is 6.41. The number of nitro benzene ring substituents is 1. The number of carbonyl (C=O) groups excluding carboxylic acids is 2. The summed E-state index contributed by atoms with van der Waals surface area (Å²) in [6, 6.07) is 24.5. The highest BCUT2D eigenvalue weighted by Crippen LogP contribution is 2.29. The number of halogens is 1. The first kappa shape index (κ1) is 26.3. The van der Waals surface area contributed by atoms with Crippen LogP contribution in [0.15, 0.2) is 84.9 Å². The Morgan fingerprint density at radius 1 is 1.03 bits per heavy atom. The minimum absolute atomic E-state index is 0.0488. The van der Waals surface area contributed by atoms with Crippen molar-refractivity contribution in [3.05, 3.63) is 112 Å². The minimum atomic E-state index is -0.665. The van der Waals surface area contributed by atoms with Crippen molar-refractivity contribution in [1.82, 2.24) is 10.2 Å². The molecule has 0 aromatic heterocycles. The van der Waals surface area contributed by atoms with Crippen LogP contribution in [-0.4, -0.2) is 44.8 Å². The van der Waals surface area contributed by atoms with E-state index in [0.717, 1.165) is 11.1 Å². The van der Waals surface area contributed by atoms with Gasteiger partial charge in [-0.1, -0.05) is 88.7 Å². The van der Waals surface area contributed by atoms with Crippen LogP contribution >= 0.6 is 15.9 Å². The molecule has 0 radical (unpaired) electrons. The molecule has 3 aromatic rings. The number of carbonyl (C=O) groups is 2. The van der Waals surface area contributed by atoms with E-state index in [4.69, 9.17) is 4.74 Å². The number of hydrogen-bond acceptors (Lipinski definition) is 5. The molecule has 4 rings (SSSR count). The third kappa shape index (κ3) is 6.74. The normalized spacial score (nSPS) is 20.1. The zero-order valence-corrected chi connectivity index (χ0v) is 21.9. The number of alkyl halides is 1. The van der Waals surface area contributed by atoms with Crippen LogP contribution in [0.2, 0.25) is 0 Å². The van der Waals surface area contributed by atoms with Crippen LogP contribution in [0.3, 0.4) is 0 Å². The smallest absolute Gasteiger partial charge is 0.318 e. The first-order chi connectivity index (χ1) is 17.8. The minimum Gasteiger partial charge on any atom is -0.458 e. The summed E-state index contributed by atoms with van der Waals surface area (Å²) < 4.78 is 5.89. The second-order valence-corrected chi connectivity index (χ2v) is 10.2. The Labute approximate surface area is 223 Å². The number of ether oxygens (including phenoxy) is 1. The highest BCUT2D eigenvalue weighted by atomic mass is 79.9. The van der Waals surface area contributed by atoms with Crippen molar-refractivity contribution in [1.29, 1.82) is 0 Å². The number of nitrogens with zero attached hydrogens (tertiary/aromatic N) is 2. The van der Waals surface area contributed by atoms with Crippen LogP contribution in [-0.2, 0) is 28.9 Å². The number of urea groups is 1. The Balaban J connectivity index is 1.69. The van der Waals surface area contributed by atoms with Gasteiger partial charge in [-0.25, -0.2) is 4.79 Å². The van der Waals surface area contributed by atoms with E-state index in [0.29, 0.717) is 18.4 Å². The summed E-state index contributed by atoms with van der Waals surface area (Å²) in [5, 5.41) is 14.4. The molecule has 37 heavy (non-hydrogen) atoms. The van der Waals surface area contributed by atoms with Crippen LogP contribution in [0.5, 0.6) is 0 Å². The Morgan fingerprint density at radius 2 is 1.65 bits per heavy atom. The number of non-ortho nitro benzene ring substituents is 1. The van der Waals surface area contributed by atoms with Gasteiger partial charge in [-0.15, -0.1) is 0 Å². The molecular formula is C28H28BrN3O5. The average Bonchev–Trinajstić information content (AvgIpc) is 2.88. The van der Waals surface area contributed by atoms with E-state index in [9.17, 15) is 19.7 Å². The van der Waals surface area contributed by atoms with Crippen LogP contribution < -0.4 is 5.32 Å². The molecule has 0 bridgehead atoms. The van der Waals surface area contributed by atoms with Crippen molar-refractivity contribution in [3.8, 4) is 0 Å². The van der Waals surface area contributed by atoms with Crippen LogP contribution in [0.1, 0.15) is 23.6 Å². The maximum absolute atomic E-state index is 13.5. The van der Waals surface area contributed by atoms with Crippen molar-refractivity contribution in [3.63, 3.8) is 0 Å². The van der Waals surface area contributed by atoms with Gasteiger partial charge in [-0.2, -0.15) is 0 Å². The van der Waals surface area contributed by atoms with E-state index in [-0.39, 0.29) is 23.1 Å². The summed E-state index contributed by atoms with van der Waals surface area (Å²) in [5.41, 5.74) is 2.63. The fraction of sp³-hybridized carbons (Fsp3) is 0.286. The maximum Gasteiger partial charge on any atom is 0.318 e. The van der Waals surface area contributed by atoms with E-state index in [1.165, 1.54) is 19.1 Å².